The number of carboxylic acids is 1. The minimum atomic E-state index is -0.798. The average molecular weight is 399 g/mol. The van der Waals surface area contributed by atoms with E-state index in [4.69, 9.17) is 10.4 Å². The van der Waals surface area contributed by atoms with E-state index < -0.39 is 18.2 Å². The van der Waals surface area contributed by atoms with Gasteiger partial charge in [-0.05, 0) is 19.3 Å². The first kappa shape index (κ1) is 24.8. The van der Waals surface area contributed by atoms with Crippen LogP contribution in [-0.4, -0.2) is 39.4 Å². The van der Waals surface area contributed by atoms with Crippen LogP contribution in [0.1, 0.15) is 90.4 Å². The van der Waals surface area contributed by atoms with Crippen LogP contribution in [-0.2, 0) is 14.5 Å². The van der Waals surface area contributed by atoms with Gasteiger partial charge in [0.15, 0.2) is 0 Å². The van der Waals surface area contributed by atoms with Crippen LogP contribution < -0.4 is 0 Å². The van der Waals surface area contributed by atoms with Gasteiger partial charge in [0.1, 0.15) is 11.9 Å². The van der Waals surface area contributed by atoms with E-state index >= 15 is 0 Å². The number of ketones is 1. The van der Waals surface area contributed by atoms with E-state index in [9.17, 15) is 14.7 Å². The van der Waals surface area contributed by atoms with Crippen molar-refractivity contribution in [2.45, 2.75) is 103 Å². The Morgan fingerprint density at radius 1 is 1.14 bits per heavy atom. The molecule has 0 heterocycles. The molecule has 1 unspecified atom stereocenters. The van der Waals surface area contributed by atoms with Crippen LogP contribution in [0.4, 0.5) is 0 Å². The Balaban J connectivity index is 2.42. The Labute approximate surface area is 168 Å². The summed E-state index contributed by atoms with van der Waals surface area (Å²) < 4.78 is 0. The van der Waals surface area contributed by atoms with E-state index in [1.54, 1.807) is 6.08 Å². The number of unbranched alkanes of at least 4 members (excludes halogenated alkanes) is 7. The standard InChI is InChI=1S/C22H38O6/c1-2-3-4-5-6-8-11-17(28-27)14-15-19-18(20(23)16-21(19)24)12-9-7-10-13-22(25)26/h14-15,17-19,21,24,27H,2-13,16H2,1H3,(H,25,26)/t17?,18-,19-,21-/m1/s1. The van der Waals surface area contributed by atoms with Crippen LogP contribution in [0.3, 0.4) is 0 Å². The zero-order chi connectivity index (χ0) is 20.8. The zero-order valence-corrected chi connectivity index (χ0v) is 17.2. The van der Waals surface area contributed by atoms with Gasteiger partial charge in [-0.1, -0.05) is 70.4 Å². The molecule has 1 fully saturated rings. The molecule has 0 saturated heterocycles. The molecule has 6 heteroatoms. The number of aliphatic carboxylic acids is 1. The number of hydrogen-bond donors (Lipinski definition) is 3. The Hall–Kier alpha value is -1.24. The van der Waals surface area contributed by atoms with Crippen molar-refractivity contribution < 1.29 is 29.9 Å². The summed E-state index contributed by atoms with van der Waals surface area (Å²) in [5, 5.41) is 28.1. The highest BCUT2D eigenvalue weighted by Gasteiger charge is 2.39. The molecule has 0 aliphatic heterocycles. The van der Waals surface area contributed by atoms with E-state index in [2.05, 4.69) is 11.8 Å². The molecule has 0 amide bonds. The molecule has 0 aromatic rings. The van der Waals surface area contributed by atoms with Crippen molar-refractivity contribution in [1.29, 1.82) is 0 Å². The Kier molecular flexibility index (Phi) is 13.0. The molecule has 1 rings (SSSR count). The van der Waals surface area contributed by atoms with Crippen molar-refractivity contribution >= 4 is 11.8 Å². The highest BCUT2D eigenvalue weighted by Crippen LogP contribution is 2.34. The van der Waals surface area contributed by atoms with Gasteiger partial charge in [0.2, 0.25) is 0 Å². The van der Waals surface area contributed by atoms with E-state index in [0.717, 1.165) is 32.1 Å². The normalized spacial score (nSPS) is 23.5. The largest absolute Gasteiger partial charge is 0.481 e. The summed E-state index contributed by atoms with van der Waals surface area (Å²) >= 11 is 0. The molecule has 0 spiro atoms. The van der Waals surface area contributed by atoms with E-state index in [-0.39, 0.29) is 30.5 Å². The van der Waals surface area contributed by atoms with Gasteiger partial charge in [0.25, 0.3) is 0 Å². The molecule has 6 nitrogen and oxygen atoms in total. The predicted octanol–water partition coefficient (Wildman–Crippen LogP) is 4.75. The van der Waals surface area contributed by atoms with Gasteiger partial charge in [-0.2, -0.15) is 0 Å². The Morgan fingerprint density at radius 3 is 2.50 bits per heavy atom. The number of aliphatic hydroxyl groups is 1. The topological polar surface area (TPSA) is 104 Å². The first-order valence-electron chi connectivity index (χ1n) is 10.9. The van der Waals surface area contributed by atoms with Crippen LogP contribution in [0.2, 0.25) is 0 Å². The lowest BCUT2D eigenvalue weighted by molar-refractivity contribution is -0.267. The van der Waals surface area contributed by atoms with Crippen LogP contribution in [0.25, 0.3) is 0 Å². The summed E-state index contributed by atoms with van der Waals surface area (Å²) in [6.45, 7) is 2.19. The van der Waals surface area contributed by atoms with Gasteiger partial charge in [0, 0.05) is 24.7 Å². The SMILES string of the molecule is CCCCCCCCC(C=C[C@H]1[C@H](O)CC(=O)[C@@H]1CCCCCC(=O)O)OO. The number of aliphatic hydroxyl groups excluding tert-OH is 1. The molecule has 0 aromatic carbocycles. The van der Waals surface area contributed by atoms with Crippen molar-refractivity contribution in [2.75, 3.05) is 0 Å². The lowest BCUT2D eigenvalue weighted by atomic mass is 9.88. The summed E-state index contributed by atoms with van der Waals surface area (Å²) in [5.41, 5.74) is 0. The highest BCUT2D eigenvalue weighted by atomic mass is 17.1. The van der Waals surface area contributed by atoms with E-state index in [1.807, 2.05) is 6.08 Å². The fourth-order valence-corrected chi connectivity index (χ4v) is 3.97. The number of hydrogen-bond acceptors (Lipinski definition) is 5. The lowest BCUT2D eigenvalue weighted by Crippen LogP contribution is -2.19. The van der Waals surface area contributed by atoms with Crippen molar-refractivity contribution in [3.63, 3.8) is 0 Å². The van der Waals surface area contributed by atoms with Crippen molar-refractivity contribution in [3.05, 3.63) is 12.2 Å². The van der Waals surface area contributed by atoms with Gasteiger partial charge >= 0.3 is 5.97 Å². The fourth-order valence-electron chi connectivity index (χ4n) is 3.97. The molecule has 3 N–H and O–H groups in total. The molecule has 0 radical (unpaired) electrons. The average Bonchev–Trinajstić information content (AvgIpc) is 2.93. The third-order valence-electron chi connectivity index (χ3n) is 5.66. The Bertz CT molecular complexity index is 476. The third kappa shape index (κ3) is 9.80. The van der Waals surface area contributed by atoms with Crippen LogP contribution in [0.15, 0.2) is 12.2 Å². The van der Waals surface area contributed by atoms with Gasteiger partial charge in [-0.15, -0.1) is 0 Å². The van der Waals surface area contributed by atoms with Crippen LogP contribution in [0.5, 0.6) is 0 Å². The maximum atomic E-state index is 12.2. The number of rotatable bonds is 16. The van der Waals surface area contributed by atoms with Crippen molar-refractivity contribution in [1.82, 2.24) is 0 Å². The zero-order valence-electron chi connectivity index (χ0n) is 17.2. The molecular formula is C22H38O6. The number of Topliss-reactive ketones (excluding diaryl/α,β-unsaturated/α-hetero) is 1. The maximum Gasteiger partial charge on any atom is 0.303 e. The molecule has 1 saturated carbocycles. The van der Waals surface area contributed by atoms with Gasteiger partial charge in [-0.25, -0.2) is 4.89 Å². The molecule has 28 heavy (non-hydrogen) atoms. The third-order valence-corrected chi connectivity index (χ3v) is 5.66. The second-order valence-electron chi connectivity index (χ2n) is 8.00. The predicted molar refractivity (Wildman–Crippen MR) is 108 cm³/mol. The summed E-state index contributed by atoms with van der Waals surface area (Å²) in [5.74, 6) is -1.22. The second kappa shape index (κ2) is 14.7. The molecule has 0 aromatic heterocycles. The monoisotopic (exact) mass is 398 g/mol. The van der Waals surface area contributed by atoms with Crippen molar-refractivity contribution in [2.24, 2.45) is 11.8 Å². The molecule has 0 bridgehead atoms. The highest BCUT2D eigenvalue weighted by molar-refractivity contribution is 5.84. The van der Waals surface area contributed by atoms with Gasteiger partial charge in [0.05, 0.1) is 6.10 Å². The van der Waals surface area contributed by atoms with E-state index in [1.165, 1.54) is 25.7 Å². The molecule has 162 valence electrons. The summed E-state index contributed by atoms with van der Waals surface area (Å²) in [6.07, 6.45) is 13.3. The maximum absolute atomic E-state index is 12.2. The molecule has 1 aliphatic rings. The molecule has 4 atom stereocenters. The van der Waals surface area contributed by atoms with Gasteiger partial charge in [-0.3, -0.25) is 14.8 Å². The Morgan fingerprint density at radius 2 is 1.82 bits per heavy atom. The van der Waals surface area contributed by atoms with Crippen LogP contribution in [0, 0.1) is 11.8 Å². The summed E-state index contributed by atoms with van der Waals surface area (Å²) in [7, 11) is 0. The van der Waals surface area contributed by atoms with Gasteiger partial charge < -0.3 is 10.2 Å². The minimum Gasteiger partial charge on any atom is -0.481 e. The smallest absolute Gasteiger partial charge is 0.303 e. The summed E-state index contributed by atoms with van der Waals surface area (Å²) in [4.78, 5) is 27.3. The first-order valence-corrected chi connectivity index (χ1v) is 10.9. The first-order chi connectivity index (χ1) is 13.5. The quantitative estimate of drug-likeness (QED) is 0.150. The lowest BCUT2D eigenvalue weighted by Gasteiger charge is -2.18. The number of carboxylic acid groups (broad SMARTS) is 1. The molecular weight excluding hydrogens is 360 g/mol. The van der Waals surface area contributed by atoms with E-state index in [0.29, 0.717) is 12.8 Å². The summed E-state index contributed by atoms with van der Waals surface area (Å²) in [6, 6.07) is 0. The van der Waals surface area contributed by atoms with Crippen molar-refractivity contribution in [3.8, 4) is 0 Å². The molecule has 1 aliphatic carbocycles. The fraction of sp³-hybridized carbons (Fsp3) is 0.818. The number of carbonyl (C=O) groups excluding carboxylic acids is 1. The minimum absolute atomic E-state index is 0.0674. The second-order valence-corrected chi connectivity index (χ2v) is 8.00. The number of carbonyl (C=O) groups is 2. The van der Waals surface area contributed by atoms with Crippen LogP contribution >= 0.6 is 0 Å².